The molecule has 0 amide bonds. The normalized spacial score (nSPS) is 43.5. The molecule has 0 unspecified atom stereocenters. The minimum absolute atomic E-state index is 0.143. The van der Waals surface area contributed by atoms with Crippen molar-refractivity contribution >= 4 is 5.97 Å². The molecule has 0 spiro atoms. The Morgan fingerprint density at radius 2 is 2.15 bits per heavy atom. The second kappa shape index (κ2) is 5.51. The molecule has 0 bridgehead atoms. The van der Waals surface area contributed by atoms with Crippen molar-refractivity contribution in [3.05, 3.63) is 12.2 Å². The van der Waals surface area contributed by atoms with E-state index in [0.29, 0.717) is 30.3 Å². The number of carbonyl (C=O) groups is 1. The van der Waals surface area contributed by atoms with E-state index in [1.807, 2.05) is 0 Å². The summed E-state index contributed by atoms with van der Waals surface area (Å²) in [5.74, 6) is 1.58. The molecule has 3 heteroatoms. The molecule has 20 heavy (non-hydrogen) atoms. The number of hydrogen-bond acceptors (Lipinski definition) is 3. The molecule has 5 atom stereocenters. The zero-order valence-corrected chi connectivity index (χ0v) is 12.6. The van der Waals surface area contributed by atoms with Crippen LogP contribution < -0.4 is 0 Å². The molecule has 0 aromatic carbocycles. The van der Waals surface area contributed by atoms with Crippen LogP contribution in [0.2, 0.25) is 0 Å². The van der Waals surface area contributed by atoms with Crippen molar-refractivity contribution < 1.29 is 14.3 Å². The number of carbonyl (C=O) groups excluding carboxylic acids is 1. The fraction of sp³-hybridized carbons (Fsp3) is 0.824. The number of allylic oxidation sites excluding steroid dienone is 2. The van der Waals surface area contributed by atoms with Crippen LogP contribution in [0.3, 0.4) is 0 Å². The van der Waals surface area contributed by atoms with Gasteiger partial charge in [0.2, 0.25) is 0 Å². The molecule has 2 fully saturated rings. The van der Waals surface area contributed by atoms with Crippen LogP contribution in [0.1, 0.15) is 51.9 Å². The molecule has 112 valence electrons. The summed E-state index contributed by atoms with van der Waals surface area (Å²) in [6.45, 7) is 2.13. The predicted molar refractivity (Wildman–Crippen MR) is 77.2 cm³/mol. The molecule has 0 N–H and O–H groups in total. The maximum atomic E-state index is 11.8. The van der Waals surface area contributed by atoms with Gasteiger partial charge in [0.25, 0.3) is 0 Å². The van der Waals surface area contributed by atoms with E-state index in [0.717, 1.165) is 19.3 Å². The summed E-state index contributed by atoms with van der Waals surface area (Å²) in [6.07, 6.45) is 12.7. The second-order valence-electron chi connectivity index (χ2n) is 6.86. The van der Waals surface area contributed by atoms with Crippen LogP contribution in [0.25, 0.3) is 0 Å². The molecule has 3 nitrogen and oxygen atoms in total. The third-order valence-electron chi connectivity index (χ3n) is 5.64. The zero-order valence-electron chi connectivity index (χ0n) is 12.6. The molecule has 0 aromatic rings. The van der Waals surface area contributed by atoms with Gasteiger partial charge in [-0.15, -0.1) is 0 Å². The SMILES string of the molecule is COC(=O)C[C@@]1(C)O[C@H]2CCCC[C@H]2[C@H]2C=CCC[C@H]21. The van der Waals surface area contributed by atoms with Gasteiger partial charge in [0.05, 0.1) is 25.2 Å². The number of fused-ring (bicyclic) bond motifs is 3. The van der Waals surface area contributed by atoms with Gasteiger partial charge < -0.3 is 9.47 Å². The van der Waals surface area contributed by atoms with Gasteiger partial charge in [-0.2, -0.15) is 0 Å². The first-order chi connectivity index (χ1) is 9.64. The van der Waals surface area contributed by atoms with Crippen LogP contribution in [0, 0.1) is 17.8 Å². The average molecular weight is 278 g/mol. The lowest BCUT2D eigenvalue weighted by atomic mass is 9.61. The fourth-order valence-electron chi connectivity index (χ4n) is 4.69. The lowest BCUT2D eigenvalue weighted by Crippen LogP contribution is -2.56. The molecule has 0 aromatic heterocycles. The Balaban J connectivity index is 1.87. The van der Waals surface area contributed by atoms with Gasteiger partial charge in [-0.1, -0.05) is 25.0 Å². The van der Waals surface area contributed by atoms with Gasteiger partial charge in [-0.05, 0) is 50.4 Å². The first-order valence-corrected chi connectivity index (χ1v) is 8.05. The van der Waals surface area contributed by atoms with E-state index in [9.17, 15) is 4.79 Å². The molecule has 2 aliphatic carbocycles. The van der Waals surface area contributed by atoms with Gasteiger partial charge in [0.15, 0.2) is 0 Å². The van der Waals surface area contributed by atoms with E-state index >= 15 is 0 Å². The molecule has 3 rings (SSSR count). The van der Waals surface area contributed by atoms with Crippen LogP contribution in [0.4, 0.5) is 0 Å². The number of rotatable bonds is 2. The summed E-state index contributed by atoms with van der Waals surface area (Å²) in [5.41, 5.74) is -0.346. The lowest BCUT2D eigenvalue weighted by Gasteiger charge is -2.54. The van der Waals surface area contributed by atoms with Gasteiger partial charge in [0, 0.05) is 0 Å². The monoisotopic (exact) mass is 278 g/mol. The summed E-state index contributed by atoms with van der Waals surface area (Å²) >= 11 is 0. The van der Waals surface area contributed by atoms with E-state index in [1.54, 1.807) is 0 Å². The van der Waals surface area contributed by atoms with Crippen LogP contribution in [0.5, 0.6) is 0 Å². The Morgan fingerprint density at radius 3 is 2.95 bits per heavy atom. The highest BCUT2D eigenvalue weighted by atomic mass is 16.5. The third-order valence-corrected chi connectivity index (χ3v) is 5.64. The van der Waals surface area contributed by atoms with Crippen LogP contribution in [-0.2, 0) is 14.3 Å². The minimum Gasteiger partial charge on any atom is -0.469 e. The van der Waals surface area contributed by atoms with E-state index in [2.05, 4.69) is 19.1 Å². The van der Waals surface area contributed by atoms with Crippen LogP contribution in [0.15, 0.2) is 12.2 Å². The van der Waals surface area contributed by atoms with Crippen molar-refractivity contribution in [2.24, 2.45) is 17.8 Å². The summed E-state index contributed by atoms with van der Waals surface area (Å²) in [5, 5.41) is 0. The number of hydrogen-bond donors (Lipinski definition) is 0. The minimum atomic E-state index is -0.346. The Kier molecular flexibility index (Phi) is 3.89. The number of methoxy groups -OCH3 is 1. The quantitative estimate of drug-likeness (QED) is 0.573. The second-order valence-corrected chi connectivity index (χ2v) is 6.86. The Hall–Kier alpha value is -0.830. The first kappa shape index (κ1) is 14.1. The number of esters is 1. The number of ether oxygens (including phenoxy) is 2. The van der Waals surface area contributed by atoms with E-state index < -0.39 is 0 Å². The Bertz CT molecular complexity index is 403. The molecule has 3 aliphatic rings. The highest BCUT2D eigenvalue weighted by Gasteiger charge is 2.52. The summed E-state index contributed by atoms with van der Waals surface area (Å²) in [7, 11) is 1.47. The fourth-order valence-corrected chi connectivity index (χ4v) is 4.69. The van der Waals surface area contributed by atoms with Crippen molar-refractivity contribution in [2.75, 3.05) is 7.11 Å². The lowest BCUT2D eigenvalue weighted by molar-refractivity contribution is -0.213. The standard InChI is InChI=1S/C17H26O3/c1-17(11-16(18)19-2)14-9-5-3-7-12(14)13-8-4-6-10-15(13)20-17/h3,7,12-15H,4-6,8-11H2,1-2H3/t12-,13+,14-,15+,17-/m1/s1. The van der Waals surface area contributed by atoms with Crippen molar-refractivity contribution in [2.45, 2.75) is 63.6 Å². The van der Waals surface area contributed by atoms with Crippen molar-refractivity contribution in [3.63, 3.8) is 0 Å². The molecule has 1 heterocycles. The van der Waals surface area contributed by atoms with Gasteiger partial charge in [-0.3, -0.25) is 4.79 Å². The highest BCUT2D eigenvalue weighted by Crippen LogP contribution is 2.51. The molecule has 0 radical (unpaired) electrons. The predicted octanol–water partition coefficient (Wildman–Crippen LogP) is 3.48. The molecular formula is C17H26O3. The van der Waals surface area contributed by atoms with Gasteiger partial charge in [-0.25, -0.2) is 0 Å². The third kappa shape index (κ3) is 2.41. The topological polar surface area (TPSA) is 35.5 Å². The summed E-state index contributed by atoms with van der Waals surface area (Å²) < 4.78 is 11.4. The van der Waals surface area contributed by atoms with E-state index in [4.69, 9.17) is 9.47 Å². The summed E-state index contributed by atoms with van der Waals surface area (Å²) in [4.78, 5) is 11.8. The Morgan fingerprint density at radius 1 is 1.35 bits per heavy atom. The van der Waals surface area contributed by atoms with Crippen molar-refractivity contribution in [1.82, 2.24) is 0 Å². The van der Waals surface area contributed by atoms with E-state index in [1.165, 1.54) is 26.4 Å². The van der Waals surface area contributed by atoms with E-state index in [-0.39, 0.29) is 11.6 Å². The van der Waals surface area contributed by atoms with Crippen molar-refractivity contribution in [3.8, 4) is 0 Å². The average Bonchev–Trinajstić information content (AvgIpc) is 2.47. The molecule has 1 saturated heterocycles. The van der Waals surface area contributed by atoms with Crippen LogP contribution >= 0.6 is 0 Å². The van der Waals surface area contributed by atoms with Crippen LogP contribution in [-0.4, -0.2) is 24.8 Å². The van der Waals surface area contributed by atoms with Crippen molar-refractivity contribution in [1.29, 1.82) is 0 Å². The summed E-state index contributed by atoms with van der Waals surface area (Å²) in [6, 6.07) is 0. The molecule has 1 aliphatic heterocycles. The zero-order chi connectivity index (χ0) is 14.2. The smallest absolute Gasteiger partial charge is 0.308 e. The molecular weight excluding hydrogens is 252 g/mol. The Labute approximate surface area is 121 Å². The maximum Gasteiger partial charge on any atom is 0.308 e. The van der Waals surface area contributed by atoms with Gasteiger partial charge >= 0.3 is 5.97 Å². The van der Waals surface area contributed by atoms with Gasteiger partial charge in [0.1, 0.15) is 0 Å². The highest BCUT2D eigenvalue weighted by molar-refractivity contribution is 5.70. The maximum absolute atomic E-state index is 11.8. The molecule has 1 saturated carbocycles. The largest absolute Gasteiger partial charge is 0.469 e. The first-order valence-electron chi connectivity index (χ1n) is 8.05.